The van der Waals surface area contributed by atoms with Crippen LogP contribution in [0.3, 0.4) is 0 Å². The molecule has 1 heterocycles. The maximum atomic E-state index is 13.9. The predicted octanol–water partition coefficient (Wildman–Crippen LogP) is 3.90. The average Bonchev–Trinajstić information content (AvgIpc) is 3.09. The topological polar surface area (TPSA) is 101 Å². The van der Waals surface area contributed by atoms with Crippen LogP contribution in [0.1, 0.15) is 49.3 Å². The zero-order valence-electron chi connectivity index (χ0n) is 19.9. The lowest BCUT2D eigenvalue weighted by atomic mass is 9.58. The van der Waals surface area contributed by atoms with Gasteiger partial charge in [-0.3, -0.25) is 4.79 Å². The summed E-state index contributed by atoms with van der Waals surface area (Å²) in [6.45, 7) is 2.37. The molecule has 0 radical (unpaired) electrons. The van der Waals surface area contributed by atoms with E-state index in [1.165, 1.54) is 0 Å². The normalized spacial score (nSPS) is 30.2. The molecule has 1 atom stereocenters. The predicted molar refractivity (Wildman–Crippen MR) is 129 cm³/mol. The van der Waals surface area contributed by atoms with E-state index in [0.717, 1.165) is 43.2 Å². The molecule has 2 spiro atoms. The lowest BCUT2D eigenvalue weighted by Crippen LogP contribution is -2.59. The van der Waals surface area contributed by atoms with E-state index in [-0.39, 0.29) is 23.3 Å². The summed E-state index contributed by atoms with van der Waals surface area (Å²) in [4.78, 5) is 20.6. The second kappa shape index (κ2) is 7.85. The van der Waals surface area contributed by atoms with E-state index >= 15 is 0 Å². The van der Waals surface area contributed by atoms with Gasteiger partial charge in [0.25, 0.3) is 0 Å². The number of fused-ring (bicyclic) bond motifs is 3. The third-order valence-corrected chi connectivity index (χ3v) is 8.18. The Morgan fingerprint density at radius 3 is 2.56 bits per heavy atom. The van der Waals surface area contributed by atoms with E-state index in [1.807, 2.05) is 18.2 Å². The summed E-state index contributed by atoms with van der Waals surface area (Å²) in [5, 5.41) is 9.21. The van der Waals surface area contributed by atoms with E-state index in [9.17, 15) is 10.1 Å². The zero-order chi connectivity index (χ0) is 24.1. The smallest absolute Gasteiger partial charge is 0.192 e. The quantitative estimate of drug-likeness (QED) is 0.749. The maximum absolute atomic E-state index is 13.9. The van der Waals surface area contributed by atoms with Crippen LogP contribution in [0.4, 0.5) is 0 Å². The number of methoxy groups -OCH3 is 1. The van der Waals surface area contributed by atoms with Crippen LogP contribution in [0.5, 0.6) is 11.5 Å². The highest BCUT2D eigenvalue weighted by Crippen LogP contribution is 2.62. The van der Waals surface area contributed by atoms with Crippen molar-refractivity contribution in [1.29, 1.82) is 5.26 Å². The molecule has 3 aliphatic rings. The Labute approximate surface area is 200 Å². The number of rotatable bonds is 3. The summed E-state index contributed by atoms with van der Waals surface area (Å²) in [6.07, 6.45) is 4.17. The molecule has 1 aliphatic heterocycles. The molecule has 1 unspecified atom stereocenters. The van der Waals surface area contributed by atoms with E-state index in [2.05, 4.69) is 19.1 Å². The minimum Gasteiger partial charge on any atom is -0.457 e. The first kappa shape index (κ1) is 22.4. The number of carbonyl (C=O) groups is 1. The molecule has 2 aliphatic carbocycles. The fourth-order valence-corrected chi connectivity index (χ4v) is 6.01. The standard InChI is InChI=1S/C27H30N4O3/c1-25(33-3)9-11-26(12-10-25)15-19-7-8-21(34-20-6-4-5-18(13-20)16-28)14-22(19)27(26)23(32)17-31(2)24(29)30-27/h4-8,13-14H,9-12,15,17H2,1-3H3,(H2,29,30). The molecule has 0 aromatic heterocycles. The number of ether oxygens (including phenoxy) is 2. The monoisotopic (exact) mass is 458 g/mol. The van der Waals surface area contributed by atoms with Gasteiger partial charge in [-0.15, -0.1) is 0 Å². The number of carbonyl (C=O) groups excluding carboxylic acids is 1. The summed E-state index contributed by atoms with van der Waals surface area (Å²) < 4.78 is 11.9. The molecule has 2 aromatic rings. The summed E-state index contributed by atoms with van der Waals surface area (Å²) in [5.74, 6) is 1.66. The number of guanidine groups is 1. The Morgan fingerprint density at radius 1 is 1.12 bits per heavy atom. The van der Waals surface area contributed by atoms with Gasteiger partial charge in [-0.05, 0) is 80.5 Å². The van der Waals surface area contributed by atoms with Gasteiger partial charge in [-0.1, -0.05) is 12.1 Å². The van der Waals surface area contributed by atoms with Crippen molar-refractivity contribution in [1.82, 2.24) is 4.90 Å². The van der Waals surface area contributed by atoms with Gasteiger partial charge in [0.05, 0.1) is 23.8 Å². The summed E-state index contributed by atoms with van der Waals surface area (Å²) in [6, 6.07) is 15.1. The number of nitrogens with zero attached hydrogens (tertiary/aromatic N) is 3. The minimum absolute atomic E-state index is 0.0765. The van der Waals surface area contributed by atoms with E-state index in [0.29, 0.717) is 23.0 Å². The highest BCUT2D eigenvalue weighted by molar-refractivity contribution is 6.01. The van der Waals surface area contributed by atoms with Crippen molar-refractivity contribution in [2.45, 2.75) is 50.2 Å². The molecule has 2 N–H and O–H groups in total. The Kier molecular flexibility index (Phi) is 5.18. The van der Waals surface area contributed by atoms with Crippen molar-refractivity contribution in [3.05, 3.63) is 59.2 Å². The van der Waals surface area contributed by atoms with Crippen LogP contribution in [-0.4, -0.2) is 42.9 Å². The number of ketones is 1. The number of Topliss-reactive ketones (excluding diaryl/α,β-unsaturated/α-hetero) is 1. The molecule has 0 saturated heterocycles. The highest BCUT2D eigenvalue weighted by atomic mass is 16.5. The number of benzene rings is 2. The number of nitrogens with two attached hydrogens (primary N) is 1. The molecule has 0 amide bonds. The van der Waals surface area contributed by atoms with E-state index < -0.39 is 5.54 Å². The molecule has 5 rings (SSSR count). The van der Waals surface area contributed by atoms with Crippen LogP contribution in [0, 0.1) is 16.7 Å². The number of aliphatic imine (C=N–C) groups is 1. The van der Waals surface area contributed by atoms with Crippen LogP contribution in [0.15, 0.2) is 47.5 Å². The number of nitriles is 1. The second-order valence-electron chi connectivity index (χ2n) is 10.1. The highest BCUT2D eigenvalue weighted by Gasteiger charge is 2.64. The van der Waals surface area contributed by atoms with Gasteiger partial charge >= 0.3 is 0 Å². The lowest BCUT2D eigenvalue weighted by molar-refractivity contribution is -0.135. The van der Waals surface area contributed by atoms with E-state index in [1.54, 1.807) is 37.3 Å². The molecule has 34 heavy (non-hydrogen) atoms. The van der Waals surface area contributed by atoms with Crippen LogP contribution in [-0.2, 0) is 21.5 Å². The Hall–Kier alpha value is -3.37. The second-order valence-corrected chi connectivity index (χ2v) is 10.1. The van der Waals surface area contributed by atoms with Crippen LogP contribution in [0.2, 0.25) is 0 Å². The molecule has 2 aromatic carbocycles. The molecule has 7 nitrogen and oxygen atoms in total. The summed E-state index contributed by atoms with van der Waals surface area (Å²) in [5.41, 5.74) is 7.34. The Balaban J connectivity index is 1.60. The maximum Gasteiger partial charge on any atom is 0.192 e. The van der Waals surface area contributed by atoms with Crippen LogP contribution < -0.4 is 10.5 Å². The van der Waals surface area contributed by atoms with Gasteiger partial charge in [0.1, 0.15) is 11.5 Å². The summed E-state index contributed by atoms with van der Waals surface area (Å²) in [7, 11) is 3.57. The fraction of sp³-hybridized carbons (Fsp3) is 0.444. The molecule has 7 heteroatoms. The number of likely N-dealkylation sites (N-methyl/N-ethyl adjacent to an activating group) is 1. The van der Waals surface area contributed by atoms with Crippen molar-refractivity contribution in [3.63, 3.8) is 0 Å². The van der Waals surface area contributed by atoms with Gasteiger partial charge in [-0.2, -0.15) is 5.26 Å². The molecule has 0 bridgehead atoms. The van der Waals surface area contributed by atoms with Crippen molar-refractivity contribution in [3.8, 4) is 17.6 Å². The first-order valence-corrected chi connectivity index (χ1v) is 11.7. The van der Waals surface area contributed by atoms with Gasteiger partial charge in [0, 0.05) is 19.6 Å². The van der Waals surface area contributed by atoms with Gasteiger partial charge in [-0.25, -0.2) is 4.99 Å². The molecule has 176 valence electrons. The minimum atomic E-state index is -1.03. The lowest BCUT2D eigenvalue weighted by Gasteiger charge is -2.51. The van der Waals surface area contributed by atoms with Crippen LogP contribution >= 0.6 is 0 Å². The largest absolute Gasteiger partial charge is 0.457 e. The summed E-state index contributed by atoms with van der Waals surface area (Å²) >= 11 is 0. The first-order valence-electron chi connectivity index (χ1n) is 11.7. The Morgan fingerprint density at radius 2 is 1.85 bits per heavy atom. The van der Waals surface area contributed by atoms with Crippen molar-refractivity contribution >= 4 is 11.7 Å². The number of hydrogen-bond donors (Lipinski definition) is 1. The van der Waals surface area contributed by atoms with Gasteiger partial charge in [0.15, 0.2) is 17.3 Å². The average molecular weight is 459 g/mol. The number of hydrogen-bond acceptors (Lipinski definition) is 7. The molecular weight excluding hydrogens is 428 g/mol. The van der Waals surface area contributed by atoms with Gasteiger partial charge < -0.3 is 20.1 Å². The molecule has 1 fully saturated rings. The van der Waals surface area contributed by atoms with Crippen molar-refractivity contribution < 1.29 is 14.3 Å². The van der Waals surface area contributed by atoms with Crippen molar-refractivity contribution in [2.75, 3.05) is 20.7 Å². The Bertz CT molecular complexity index is 1220. The third kappa shape index (κ3) is 3.28. The fourth-order valence-electron chi connectivity index (χ4n) is 6.01. The zero-order valence-corrected chi connectivity index (χ0v) is 19.9. The van der Waals surface area contributed by atoms with Gasteiger partial charge in [0.2, 0.25) is 0 Å². The van der Waals surface area contributed by atoms with E-state index in [4.69, 9.17) is 20.2 Å². The first-order chi connectivity index (χ1) is 16.2. The third-order valence-electron chi connectivity index (χ3n) is 8.18. The van der Waals surface area contributed by atoms with Crippen molar-refractivity contribution in [2.24, 2.45) is 16.1 Å². The van der Waals surface area contributed by atoms with Crippen LogP contribution in [0.25, 0.3) is 0 Å². The molecule has 1 saturated carbocycles. The molecular formula is C27H30N4O3. The SMILES string of the molecule is COC1(C)CCC2(CC1)Cc1ccc(Oc3cccc(C#N)c3)cc1C21N=C(N)N(C)CC1=O.